The number of hydrogen-bond donors (Lipinski definition) is 1. The molecule has 1 N–H and O–H groups in total. The Kier molecular flexibility index (Phi) is 6.16. The van der Waals surface area contributed by atoms with Crippen molar-refractivity contribution in [3.8, 4) is 6.07 Å². The van der Waals surface area contributed by atoms with Crippen molar-refractivity contribution >= 4 is 15.7 Å². The van der Waals surface area contributed by atoms with Crippen molar-refractivity contribution in [1.82, 2.24) is 0 Å². The summed E-state index contributed by atoms with van der Waals surface area (Å²) in [6.07, 6.45) is 5.69. The van der Waals surface area contributed by atoms with Crippen molar-refractivity contribution in [2.24, 2.45) is 0 Å². The number of nitrogens with one attached hydrogen (secondary N) is 1. The number of hydrogen-bond acceptors (Lipinski definition) is 3. The molecule has 0 bridgehead atoms. The molecule has 0 heterocycles. The van der Waals surface area contributed by atoms with E-state index in [2.05, 4.69) is 10.8 Å². The van der Waals surface area contributed by atoms with Crippen LogP contribution in [0.5, 0.6) is 0 Å². The fourth-order valence-corrected chi connectivity index (χ4v) is 3.30. The molecule has 24 heavy (non-hydrogen) atoms. The van der Waals surface area contributed by atoms with E-state index in [0.29, 0.717) is 24.9 Å². The molecule has 0 saturated carbocycles. The Morgan fingerprint density at radius 1 is 1.08 bits per heavy atom. The summed E-state index contributed by atoms with van der Waals surface area (Å²) in [4.78, 5) is 0.243. The minimum absolute atomic E-state index is 0.243. The molecular weight excluding hydrogens is 320 g/mol. The van der Waals surface area contributed by atoms with Gasteiger partial charge in [-0.2, -0.15) is 5.26 Å². The molecule has 0 aromatic heterocycles. The van der Waals surface area contributed by atoms with Gasteiger partial charge in [0.1, 0.15) is 0 Å². The lowest BCUT2D eigenvalue weighted by Crippen LogP contribution is -2.14. The van der Waals surface area contributed by atoms with Crippen LogP contribution in [0.1, 0.15) is 24.0 Å². The van der Waals surface area contributed by atoms with E-state index in [-0.39, 0.29) is 4.90 Å². The van der Waals surface area contributed by atoms with Gasteiger partial charge in [-0.05, 0) is 43.5 Å². The third-order valence-corrected chi connectivity index (χ3v) is 4.90. The van der Waals surface area contributed by atoms with Crippen LogP contribution in [-0.2, 0) is 16.4 Å². The minimum atomic E-state index is -3.61. The summed E-state index contributed by atoms with van der Waals surface area (Å²) >= 11 is 0. The van der Waals surface area contributed by atoms with E-state index in [0.717, 1.165) is 11.1 Å². The fraction of sp³-hybridized carbons (Fsp3) is 0.211. The first-order valence-corrected chi connectivity index (χ1v) is 9.20. The number of para-hydroxylation sites is 1. The number of aryl methyl sites for hydroxylation is 1. The first-order valence-electron chi connectivity index (χ1n) is 7.72. The number of sulfonamides is 1. The highest BCUT2D eigenvalue weighted by atomic mass is 32.2. The van der Waals surface area contributed by atoms with Gasteiger partial charge in [0.15, 0.2) is 0 Å². The van der Waals surface area contributed by atoms with E-state index in [1.807, 2.05) is 31.2 Å². The average Bonchev–Trinajstić information content (AvgIpc) is 2.56. The molecule has 2 rings (SSSR count). The Labute approximate surface area is 143 Å². The molecule has 0 atom stereocenters. The highest BCUT2D eigenvalue weighted by molar-refractivity contribution is 7.92. The van der Waals surface area contributed by atoms with E-state index >= 15 is 0 Å². The summed E-state index contributed by atoms with van der Waals surface area (Å²) in [7, 11) is -3.61. The van der Waals surface area contributed by atoms with Crippen molar-refractivity contribution in [3.63, 3.8) is 0 Å². The normalized spacial score (nSPS) is 11.3. The molecule has 0 aliphatic rings. The predicted molar refractivity (Wildman–Crippen MR) is 96.1 cm³/mol. The quantitative estimate of drug-likeness (QED) is 0.606. The molecule has 5 heteroatoms. The number of unbranched alkanes of at least 4 members (excludes halogenated alkanes) is 1. The van der Waals surface area contributed by atoms with Crippen LogP contribution in [0.3, 0.4) is 0 Å². The van der Waals surface area contributed by atoms with Gasteiger partial charge in [-0.1, -0.05) is 48.0 Å². The molecule has 0 saturated heterocycles. The van der Waals surface area contributed by atoms with E-state index in [9.17, 15) is 8.42 Å². The summed E-state index contributed by atoms with van der Waals surface area (Å²) in [6.45, 7) is 1.91. The Hall–Kier alpha value is -2.58. The van der Waals surface area contributed by atoms with Crippen LogP contribution >= 0.6 is 0 Å². The Bertz CT molecular complexity index is 848. The zero-order valence-corrected chi connectivity index (χ0v) is 14.4. The van der Waals surface area contributed by atoms with Crippen LogP contribution in [0.4, 0.5) is 5.69 Å². The highest BCUT2D eigenvalue weighted by Crippen LogP contribution is 2.21. The fourth-order valence-electron chi connectivity index (χ4n) is 2.20. The van der Waals surface area contributed by atoms with Crippen LogP contribution in [0.15, 0.2) is 65.6 Å². The van der Waals surface area contributed by atoms with Gasteiger partial charge in [-0.3, -0.25) is 4.72 Å². The van der Waals surface area contributed by atoms with Gasteiger partial charge in [-0.15, -0.1) is 0 Å². The number of allylic oxidation sites excluding steroid dienone is 2. The molecule has 0 aliphatic carbocycles. The van der Waals surface area contributed by atoms with Gasteiger partial charge in [0.05, 0.1) is 16.7 Å². The first kappa shape index (κ1) is 17.8. The summed E-state index contributed by atoms with van der Waals surface area (Å²) in [5, 5.41) is 8.52. The lowest BCUT2D eigenvalue weighted by molar-refractivity contribution is 0.601. The van der Waals surface area contributed by atoms with Gasteiger partial charge >= 0.3 is 0 Å². The second-order valence-electron chi connectivity index (χ2n) is 5.45. The third-order valence-electron chi connectivity index (χ3n) is 3.52. The second-order valence-corrected chi connectivity index (χ2v) is 7.13. The van der Waals surface area contributed by atoms with Crippen molar-refractivity contribution < 1.29 is 8.42 Å². The minimum Gasteiger partial charge on any atom is -0.279 e. The zero-order chi connectivity index (χ0) is 17.4. The Balaban J connectivity index is 2.16. The van der Waals surface area contributed by atoms with Crippen molar-refractivity contribution in [2.45, 2.75) is 31.1 Å². The van der Waals surface area contributed by atoms with Crippen molar-refractivity contribution in [1.29, 1.82) is 5.26 Å². The summed E-state index contributed by atoms with van der Waals surface area (Å²) < 4.78 is 27.7. The first-order chi connectivity index (χ1) is 11.5. The predicted octanol–water partition coefficient (Wildman–Crippen LogP) is 4.20. The van der Waals surface area contributed by atoms with E-state index in [1.54, 1.807) is 36.4 Å². The Morgan fingerprint density at radius 2 is 1.79 bits per heavy atom. The molecule has 0 unspecified atom stereocenters. The van der Waals surface area contributed by atoms with E-state index < -0.39 is 10.0 Å². The third kappa shape index (κ3) is 4.97. The number of anilines is 1. The maximum atomic E-state index is 12.5. The van der Waals surface area contributed by atoms with Crippen LogP contribution in [0, 0.1) is 18.3 Å². The molecule has 0 aliphatic heterocycles. The van der Waals surface area contributed by atoms with Crippen LogP contribution in [0.25, 0.3) is 0 Å². The SMILES string of the molecule is Cc1ccc(S(=O)(=O)Nc2ccccc2C/C=C/CCC#N)cc1. The maximum Gasteiger partial charge on any atom is 0.261 e. The molecule has 2 aromatic carbocycles. The standard InChI is InChI=1S/C19H20N2O2S/c1-16-11-13-18(14-12-16)24(22,23)21-19-10-6-5-9-17(19)8-4-2-3-7-15-20/h2,4-6,9-14,21H,3,7-8H2,1H3/b4-2+. The monoisotopic (exact) mass is 340 g/mol. The molecule has 0 radical (unpaired) electrons. The number of nitriles is 1. The highest BCUT2D eigenvalue weighted by Gasteiger charge is 2.15. The van der Waals surface area contributed by atoms with Crippen molar-refractivity contribution in [3.05, 3.63) is 71.8 Å². The topological polar surface area (TPSA) is 70.0 Å². The average molecular weight is 340 g/mol. The molecule has 0 fully saturated rings. The lowest BCUT2D eigenvalue weighted by atomic mass is 10.1. The summed E-state index contributed by atoms with van der Waals surface area (Å²) in [5.41, 5.74) is 2.47. The molecular formula is C19H20N2O2S. The lowest BCUT2D eigenvalue weighted by Gasteiger charge is -2.12. The summed E-state index contributed by atoms with van der Waals surface area (Å²) in [5.74, 6) is 0. The second kappa shape index (κ2) is 8.32. The maximum absolute atomic E-state index is 12.5. The van der Waals surface area contributed by atoms with Crippen LogP contribution in [-0.4, -0.2) is 8.42 Å². The van der Waals surface area contributed by atoms with Crippen molar-refractivity contribution in [2.75, 3.05) is 4.72 Å². The van der Waals surface area contributed by atoms with E-state index in [4.69, 9.17) is 5.26 Å². The van der Waals surface area contributed by atoms with Gasteiger partial charge in [-0.25, -0.2) is 8.42 Å². The van der Waals surface area contributed by atoms with Gasteiger partial charge < -0.3 is 0 Å². The Morgan fingerprint density at radius 3 is 2.50 bits per heavy atom. The molecule has 4 nitrogen and oxygen atoms in total. The zero-order valence-electron chi connectivity index (χ0n) is 13.6. The largest absolute Gasteiger partial charge is 0.279 e. The number of rotatable bonds is 7. The van der Waals surface area contributed by atoms with Crippen LogP contribution < -0.4 is 4.72 Å². The molecule has 124 valence electrons. The smallest absolute Gasteiger partial charge is 0.261 e. The van der Waals surface area contributed by atoms with Crippen LogP contribution in [0.2, 0.25) is 0 Å². The molecule has 0 spiro atoms. The summed E-state index contributed by atoms with van der Waals surface area (Å²) in [6, 6.07) is 16.2. The van der Waals surface area contributed by atoms with Gasteiger partial charge in [0.2, 0.25) is 0 Å². The number of benzene rings is 2. The number of nitrogens with zero attached hydrogens (tertiary/aromatic N) is 1. The molecule has 0 amide bonds. The molecule has 2 aromatic rings. The van der Waals surface area contributed by atoms with E-state index in [1.165, 1.54) is 0 Å². The van der Waals surface area contributed by atoms with Gasteiger partial charge in [0, 0.05) is 6.42 Å². The van der Waals surface area contributed by atoms with Gasteiger partial charge in [0.25, 0.3) is 10.0 Å².